The molecule has 6 heteroatoms. The van der Waals surface area contributed by atoms with Gasteiger partial charge in [0.15, 0.2) is 0 Å². The molecule has 2 N–H and O–H groups in total. The van der Waals surface area contributed by atoms with E-state index in [0.29, 0.717) is 12.2 Å². The van der Waals surface area contributed by atoms with Gasteiger partial charge in [-0.1, -0.05) is 30.3 Å². The second-order valence-corrected chi connectivity index (χ2v) is 6.68. The van der Waals surface area contributed by atoms with Crippen molar-refractivity contribution in [3.8, 4) is 11.3 Å². The van der Waals surface area contributed by atoms with Gasteiger partial charge < -0.3 is 10.1 Å². The summed E-state index contributed by atoms with van der Waals surface area (Å²) in [5.74, 6) is 0. The molecule has 0 amide bonds. The molecule has 5 nitrogen and oxygen atoms in total. The van der Waals surface area contributed by atoms with E-state index in [1.165, 1.54) is 11.1 Å². The zero-order chi connectivity index (χ0) is 16.8. The quantitative estimate of drug-likeness (QED) is 0.741. The summed E-state index contributed by atoms with van der Waals surface area (Å²) in [7, 11) is 0. The number of hydrogen-bond donors (Lipinski definition) is 2. The van der Waals surface area contributed by atoms with Crippen LogP contribution >= 0.6 is 12.4 Å². The van der Waals surface area contributed by atoms with E-state index >= 15 is 0 Å². The number of halogens is 1. The third-order valence-corrected chi connectivity index (χ3v) is 4.42. The van der Waals surface area contributed by atoms with Crippen molar-refractivity contribution < 1.29 is 4.74 Å². The molecular formula is C19H29ClN4O. The van der Waals surface area contributed by atoms with Crippen molar-refractivity contribution in [1.82, 2.24) is 20.4 Å². The molecule has 1 aliphatic heterocycles. The SMILES string of the molecule is CC1CN(CCCNCc2cn[nH]c2-c2ccccc2)CC(C)O1.Cl. The van der Waals surface area contributed by atoms with Gasteiger partial charge in [-0.25, -0.2) is 0 Å². The van der Waals surface area contributed by atoms with Crippen LogP contribution in [0.3, 0.4) is 0 Å². The number of nitrogens with zero attached hydrogens (tertiary/aromatic N) is 2. The van der Waals surface area contributed by atoms with Gasteiger partial charge >= 0.3 is 0 Å². The summed E-state index contributed by atoms with van der Waals surface area (Å²) in [4.78, 5) is 2.51. The van der Waals surface area contributed by atoms with Gasteiger partial charge in [0.2, 0.25) is 0 Å². The fourth-order valence-corrected chi connectivity index (χ4v) is 3.42. The van der Waals surface area contributed by atoms with E-state index in [1.807, 2.05) is 12.3 Å². The van der Waals surface area contributed by atoms with Crippen molar-refractivity contribution in [2.45, 2.75) is 39.0 Å². The molecule has 138 valence electrons. The van der Waals surface area contributed by atoms with Crippen LogP contribution in [0, 0.1) is 0 Å². The van der Waals surface area contributed by atoms with Gasteiger partial charge in [0.05, 0.1) is 24.1 Å². The lowest BCUT2D eigenvalue weighted by atomic mass is 10.1. The number of aromatic nitrogens is 2. The Bertz CT molecular complexity index is 609. The van der Waals surface area contributed by atoms with E-state index in [1.54, 1.807) is 0 Å². The maximum Gasteiger partial charge on any atom is 0.0695 e. The van der Waals surface area contributed by atoms with Gasteiger partial charge in [0.1, 0.15) is 0 Å². The van der Waals surface area contributed by atoms with E-state index < -0.39 is 0 Å². The molecule has 0 saturated carbocycles. The van der Waals surface area contributed by atoms with Crippen LogP contribution in [0.4, 0.5) is 0 Å². The summed E-state index contributed by atoms with van der Waals surface area (Å²) < 4.78 is 5.78. The second-order valence-electron chi connectivity index (χ2n) is 6.68. The van der Waals surface area contributed by atoms with Crippen LogP contribution in [0.15, 0.2) is 36.5 Å². The van der Waals surface area contributed by atoms with Crippen molar-refractivity contribution in [2.75, 3.05) is 26.2 Å². The minimum Gasteiger partial charge on any atom is -0.373 e. The van der Waals surface area contributed by atoms with Crippen LogP contribution in [0.1, 0.15) is 25.8 Å². The predicted octanol–water partition coefficient (Wildman–Crippen LogP) is 3.09. The van der Waals surface area contributed by atoms with Crippen molar-refractivity contribution in [3.05, 3.63) is 42.1 Å². The molecule has 0 spiro atoms. The third kappa shape index (κ3) is 5.82. The Balaban J connectivity index is 0.00000225. The Kier molecular flexibility index (Phi) is 7.90. The lowest BCUT2D eigenvalue weighted by molar-refractivity contribution is -0.0680. The summed E-state index contributed by atoms with van der Waals surface area (Å²) in [6.45, 7) is 9.39. The van der Waals surface area contributed by atoms with Crippen LogP contribution < -0.4 is 5.32 Å². The summed E-state index contributed by atoms with van der Waals surface area (Å²) >= 11 is 0. The van der Waals surface area contributed by atoms with Crippen molar-refractivity contribution in [3.63, 3.8) is 0 Å². The highest BCUT2D eigenvalue weighted by Crippen LogP contribution is 2.20. The lowest BCUT2D eigenvalue weighted by Gasteiger charge is -2.35. The number of benzene rings is 1. The molecule has 1 fully saturated rings. The van der Waals surface area contributed by atoms with E-state index in [9.17, 15) is 0 Å². The fourth-order valence-electron chi connectivity index (χ4n) is 3.42. The van der Waals surface area contributed by atoms with Crippen molar-refractivity contribution >= 4 is 12.4 Å². The van der Waals surface area contributed by atoms with Gasteiger partial charge in [0.25, 0.3) is 0 Å². The average Bonchev–Trinajstić information content (AvgIpc) is 3.03. The first kappa shape index (κ1) is 19.9. The van der Waals surface area contributed by atoms with Crippen molar-refractivity contribution in [2.24, 2.45) is 0 Å². The Hall–Kier alpha value is -1.40. The van der Waals surface area contributed by atoms with E-state index in [2.05, 4.69) is 58.5 Å². The summed E-state index contributed by atoms with van der Waals surface area (Å²) in [5, 5.41) is 10.9. The molecule has 2 unspecified atom stereocenters. The summed E-state index contributed by atoms with van der Waals surface area (Å²) in [5.41, 5.74) is 3.51. The smallest absolute Gasteiger partial charge is 0.0695 e. The predicted molar refractivity (Wildman–Crippen MR) is 104 cm³/mol. The second kappa shape index (κ2) is 9.92. The molecule has 0 radical (unpaired) electrons. The number of nitrogens with one attached hydrogen (secondary N) is 2. The maximum absolute atomic E-state index is 5.78. The lowest BCUT2D eigenvalue weighted by Crippen LogP contribution is -2.46. The molecule has 2 aromatic rings. The van der Waals surface area contributed by atoms with E-state index in [4.69, 9.17) is 4.74 Å². The Morgan fingerprint density at radius 3 is 2.64 bits per heavy atom. The topological polar surface area (TPSA) is 53.2 Å². The van der Waals surface area contributed by atoms with Crippen LogP contribution in [-0.4, -0.2) is 53.5 Å². The van der Waals surface area contributed by atoms with Gasteiger partial charge in [-0.2, -0.15) is 5.10 Å². The largest absolute Gasteiger partial charge is 0.373 e. The van der Waals surface area contributed by atoms with Crippen LogP contribution in [0.25, 0.3) is 11.3 Å². The Morgan fingerprint density at radius 2 is 1.92 bits per heavy atom. The first-order valence-electron chi connectivity index (χ1n) is 8.88. The molecule has 2 heterocycles. The number of morpholine rings is 1. The normalized spacial score (nSPS) is 21.0. The van der Waals surface area contributed by atoms with E-state index in [0.717, 1.165) is 44.8 Å². The average molecular weight is 365 g/mol. The highest BCUT2D eigenvalue weighted by molar-refractivity contribution is 5.85. The number of hydrogen-bond acceptors (Lipinski definition) is 4. The number of rotatable bonds is 7. The van der Waals surface area contributed by atoms with Gasteiger partial charge in [-0.3, -0.25) is 10.00 Å². The molecule has 1 aliphatic rings. The standard InChI is InChI=1S/C19H28N4O.ClH/c1-15-13-23(14-16(2)24-15)10-6-9-20-11-18-12-21-22-19(18)17-7-4-3-5-8-17;/h3-5,7-8,12,15-16,20H,6,9-11,13-14H2,1-2H3,(H,21,22);1H. The zero-order valence-corrected chi connectivity index (χ0v) is 15.9. The first-order chi connectivity index (χ1) is 11.7. The Morgan fingerprint density at radius 1 is 1.20 bits per heavy atom. The molecule has 2 atom stereocenters. The zero-order valence-electron chi connectivity index (χ0n) is 15.1. The number of ether oxygens (including phenoxy) is 1. The molecule has 3 rings (SSSR count). The molecule has 0 aliphatic carbocycles. The highest BCUT2D eigenvalue weighted by atomic mass is 35.5. The molecule has 25 heavy (non-hydrogen) atoms. The van der Waals surface area contributed by atoms with Crippen molar-refractivity contribution in [1.29, 1.82) is 0 Å². The highest BCUT2D eigenvalue weighted by Gasteiger charge is 2.21. The minimum atomic E-state index is 0. The summed E-state index contributed by atoms with van der Waals surface area (Å²) in [6, 6.07) is 10.4. The Labute approximate surface area is 156 Å². The molecular weight excluding hydrogens is 336 g/mol. The van der Waals surface area contributed by atoms with Gasteiger partial charge in [-0.15, -0.1) is 12.4 Å². The van der Waals surface area contributed by atoms with Crippen LogP contribution in [-0.2, 0) is 11.3 Å². The van der Waals surface area contributed by atoms with Gasteiger partial charge in [-0.05, 0) is 38.9 Å². The molecule has 1 aromatic carbocycles. The fraction of sp³-hybridized carbons (Fsp3) is 0.526. The molecule has 1 saturated heterocycles. The third-order valence-electron chi connectivity index (χ3n) is 4.42. The van der Waals surface area contributed by atoms with Crippen LogP contribution in [0.5, 0.6) is 0 Å². The monoisotopic (exact) mass is 364 g/mol. The van der Waals surface area contributed by atoms with E-state index in [-0.39, 0.29) is 12.4 Å². The number of H-pyrrole nitrogens is 1. The number of aromatic amines is 1. The van der Waals surface area contributed by atoms with Gasteiger partial charge in [0, 0.05) is 25.2 Å². The molecule has 1 aromatic heterocycles. The van der Waals surface area contributed by atoms with Crippen LogP contribution in [0.2, 0.25) is 0 Å². The summed E-state index contributed by atoms with van der Waals surface area (Å²) in [6.07, 6.45) is 3.76. The first-order valence-corrected chi connectivity index (χ1v) is 8.88. The minimum absolute atomic E-state index is 0. The maximum atomic E-state index is 5.78. The molecule has 0 bridgehead atoms.